The van der Waals surface area contributed by atoms with Gasteiger partial charge in [-0.1, -0.05) is 13.3 Å². The molecule has 0 amide bonds. The molecule has 14 heavy (non-hydrogen) atoms. The Morgan fingerprint density at radius 2 is 2.21 bits per heavy atom. The molecule has 0 aromatic carbocycles. The molecule has 1 aromatic heterocycles. The summed E-state index contributed by atoms with van der Waals surface area (Å²) in [7, 11) is 0. The van der Waals surface area contributed by atoms with Gasteiger partial charge in [0.25, 0.3) is 0 Å². The van der Waals surface area contributed by atoms with E-state index in [2.05, 4.69) is 39.7 Å². The Labute approximate surface area is 93.0 Å². The van der Waals surface area contributed by atoms with Gasteiger partial charge >= 0.3 is 0 Å². The van der Waals surface area contributed by atoms with Crippen molar-refractivity contribution < 1.29 is 4.74 Å². The van der Waals surface area contributed by atoms with E-state index in [1.165, 1.54) is 0 Å². The van der Waals surface area contributed by atoms with Gasteiger partial charge in [-0.05, 0) is 36.2 Å². The van der Waals surface area contributed by atoms with Crippen molar-refractivity contribution >= 4 is 15.9 Å². The largest absolute Gasteiger partial charge is 0.475 e. The van der Waals surface area contributed by atoms with Gasteiger partial charge in [-0.15, -0.1) is 0 Å². The fourth-order valence-electron chi connectivity index (χ4n) is 1.24. The third-order valence-electron chi connectivity index (χ3n) is 1.80. The lowest BCUT2D eigenvalue weighted by molar-refractivity contribution is 0.200. The van der Waals surface area contributed by atoms with Crippen LogP contribution >= 0.6 is 15.9 Å². The maximum atomic E-state index is 5.64. The fourth-order valence-corrected chi connectivity index (χ4v) is 1.69. The van der Waals surface area contributed by atoms with Gasteiger partial charge in [0.2, 0.25) is 5.88 Å². The van der Waals surface area contributed by atoms with Gasteiger partial charge in [-0.25, -0.2) is 4.98 Å². The second kappa shape index (κ2) is 5.29. The van der Waals surface area contributed by atoms with E-state index in [1.807, 2.05) is 6.92 Å². The van der Waals surface area contributed by atoms with Crippen molar-refractivity contribution in [3.63, 3.8) is 0 Å². The zero-order chi connectivity index (χ0) is 10.6. The Balaban J connectivity index is 2.66. The Kier molecular flexibility index (Phi) is 4.32. The summed E-state index contributed by atoms with van der Waals surface area (Å²) < 4.78 is 6.40. The van der Waals surface area contributed by atoms with Crippen LogP contribution in [0.3, 0.4) is 0 Å². The predicted octanol–water partition coefficient (Wildman–Crippen LogP) is 3.11. The molecule has 1 rings (SSSR count). The lowest BCUT2D eigenvalue weighted by Gasteiger charge is -2.12. The van der Waals surface area contributed by atoms with Crippen LogP contribution in [-0.2, 0) is 0 Å². The fraction of sp³-hybridized carbons (Fsp3) is 0.600. The summed E-state index contributed by atoms with van der Waals surface area (Å²) >= 11 is 3.31. The van der Waals surface area contributed by atoms with E-state index in [0.29, 0.717) is 5.88 Å². The highest BCUT2D eigenvalue weighted by Crippen LogP contribution is 2.16. The van der Waals surface area contributed by atoms with Crippen LogP contribution in [0.2, 0.25) is 0 Å². The number of nitrogens with zero attached hydrogens (tertiary/aromatic N) is 2. The van der Waals surface area contributed by atoms with Gasteiger partial charge in [0.05, 0.1) is 6.10 Å². The van der Waals surface area contributed by atoms with E-state index >= 15 is 0 Å². The molecular weight excluding hydrogens is 244 g/mol. The van der Waals surface area contributed by atoms with Crippen LogP contribution in [0.4, 0.5) is 0 Å². The SMILES string of the molecule is CCCC(C)Oc1cc(Br)nc(C)n1. The zero-order valence-electron chi connectivity index (χ0n) is 8.75. The summed E-state index contributed by atoms with van der Waals surface area (Å²) in [6, 6.07) is 1.79. The van der Waals surface area contributed by atoms with Crippen LogP contribution in [-0.4, -0.2) is 16.1 Å². The first kappa shape index (κ1) is 11.4. The second-order valence-electron chi connectivity index (χ2n) is 3.29. The van der Waals surface area contributed by atoms with Crippen LogP contribution in [0, 0.1) is 6.92 Å². The Morgan fingerprint density at radius 1 is 1.50 bits per heavy atom. The van der Waals surface area contributed by atoms with Crippen LogP contribution < -0.4 is 4.74 Å². The molecule has 0 aliphatic rings. The molecule has 1 atom stereocenters. The molecule has 0 spiro atoms. The summed E-state index contributed by atoms with van der Waals surface area (Å²) in [6.45, 7) is 6.04. The highest BCUT2D eigenvalue weighted by molar-refractivity contribution is 9.10. The molecule has 1 heterocycles. The molecule has 78 valence electrons. The Hall–Kier alpha value is -0.640. The first-order valence-corrected chi connectivity index (χ1v) is 5.59. The molecule has 0 fully saturated rings. The summed E-state index contributed by atoms with van der Waals surface area (Å²) in [5.41, 5.74) is 0. The number of rotatable bonds is 4. The van der Waals surface area contributed by atoms with E-state index in [9.17, 15) is 0 Å². The summed E-state index contributed by atoms with van der Waals surface area (Å²) in [5.74, 6) is 1.36. The number of ether oxygens (including phenoxy) is 1. The third kappa shape index (κ3) is 3.62. The first-order valence-electron chi connectivity index (χ1n) is 4.79. The van der Waals surface area contributed by atoms with E-state index in [0.717, 1.165) is 23.3 Å². The van der Waals surface area contributed by atoms with Crippen molar-refractivity contribution in [3.05, 3.63) is 16.5 Å². The smallest absolute Gasteiger partial charge is 0.217 e. The van der Waals surface area contributed by atoms with E-state index < -0.39 is 0 Å². The zero-order valence-corrected chi connectivity index (χ0v) is 10.3. The number of hydrogen-bond acceptors (Lipinski definition) is 3. The highest BCUT2D eigenvalue weighted by atomic mass is 79.9. The van der Waals surface area contributed by atoms with Crippen molar-refractivity contribution in [2.75, 3.05) is 0 Å². The number of aryl methyl sites for hydroxylation is 1. The Morgan fingerprint density at radius 3 is 2.79 bits per heavy atom. The maximum absolute atomic E-state index is 5.64. The van der Waals surface area contributed by atoms with Crippen molar-refractivity contribution in [1.82, 2.24) is 9.97 Å². The van der Waals surface area contributed by atoms with Crippen LogP contribution in [0.5, 0.6) is 5.88 Å². The lowest BCUT2D eigenvalue weighted by Crippen LogP contribution is -2.12. The molecule has 0 saturated heterocycles. The van der Waals surface area contributed by atoms with Gasteiger partial charge in [0.1, 0.15) is 10.4 Å². The van der Waals surface area contributed by atoms with Gasteiger partial charge < -0.3 is 4.74 Å². The molecule has 0 radical (unpaired) electrons. The minimum absolute atomic E-state index is 0.209. The van der Waals surface area contributed by atoms with Gasteiger partial charge in [0.15, 0.2) is 0 Å². The van der Waals surface area contributed by atoms with Gasteiger partial charge in [-0.3, -0.25) is 0 Å². The predicted molar refractivity (Wildman–Crippen MR) is 59.5 cm³/mol. The van der Waals surface area contributed by atoms with Crippen LogP contribution in [0.25, 0.3) is 0 Å². The average Bonchev–Trinajstić information content (AvgIpc) is 2.01. The topological polar surface area (TPSA) is 35.0 Å². The maximum Gasteiger partial charge on any atom is 0.217 e. The molecule has 0 N–H and O–H groups in total. The Bertz CT molecular complexity index is 284. The average molecular weight is 259 g/mol. The van der Waals surface area contributed by atoms with Gasteiger partial charge in [0, 0.05) is 6.07 Å². The second-order valence-corrected chi connectivity index (χ2v) is 4.11. The van der Waals surface area contributed by atoms with Gasteiger partial charge in [-0.2, -0.15) is 4.98 Å². The van der Waals surface area contributed by atoms with E-state index in [1.54, 1.807) is 6.07 Å². The van der Waals surface area contributed by atoms with Crippen LogP contribution in [0.15, 0.2) is 10.7 Å². The summed E-state index contributed by atoms with van der Waals surface area (Å²) in [4.78, 5) is 8.31. The van der Waals surface area contributed by atoms with Crippen molar-refractivity contribution in [1.29, 1.82) is 0 Å². The normalized spacial score (nSPS) is 12.6. The quantitative estimate of drug-likeness (QED) is 0.779. The van der Waals surface area contributed by atoms with Crippen LogP contribution in [0.1, 0.15) is 32.5 Å². The number of aromatic nitrogens is 2. The minimum atomic E-state index is 0.209. The molecule has 3 nitrogen and oxygen atoms in total. The highest BCUT2D eigenvalue weighted by Gasteiger charge is 2.05. The molecule has 0 aliphatic heterocycles. The monoisotopic (exact) mass is 258 g/mol. The molecule has 1 aromatic rings. The molecule has 0 saturated carbocycles. The minimum Gasteiger partial charge on any atom is -0.475 e. The molecule has 0 bridgehead atoms. The van der Waals surface area contributed by atoms with E-state index in [4.69, 9.17) is 4.74 Å². The lowest BCUT2D eigenvalue weighted by atomic mass is 10.2. The van der Waals surface area contributed by atoms with E-state index in [-0.39, 0.29) is 6.10 Å². The molecule has 1 unspecified atom stereocenters. The van der Waals surface area contributed by atoms with Crippen molar-refractivity contribution in [2.24, 2.45) is 0 Å². The number of hydrogen-bond donors (Lipinski definition) is 0. The first-order chi connectivity index (χ1) is 6.61. The third-order valence-corrected chi connectivity index (χ3v) is 2.21. The number of halogens is 1. The van der Waals surface area contributed by atoms with Crippen molar-refractivity contribution in [2.45, 2.75) is 39.7 Å². The summed E-state index contributed by atoms with van der Waals surface area (Å²) in [5, 5.41) is 0. The standard InChI is InChI=1S/C10H15BrN2O/c1-4-5-7(2)14-10-6-9(11)12-8(3)13-10/h6-7H,4-5H2,1-3H3. The summed E-state index contributed by atoms with van der Waals surface area (Å²) in [6.07, 6.45) is 2.37. The molecule has 4 heteroatoms. The molecule has 0 aliphatic carbocycles. The van der Waals surface area contributed by atoms with Crippen molar-refractivity contribution in [3.8, 4) is 5.88 Å². The molecular formula is C10H15BrN2O.